The van der Waals surface area contributed by atoms with Gasteiger partial charge in [-0.15, -0.1) is 11.3 Å². The number of amides is 3. The first-order chi connectivity index (χ1) is 15.3. The van der Waals surface area contributed by atoms with Crippen LogP contribution in [0.4, 0.5) is 11.4 Å². The van der Waals surface area contributed by atoms with Crippen LogP contribution in [0.1, 0.15) is 35.9 Å². The Kier molecular flexibility index (Phi) is 7.72. The Morgan fingerprint density at radius 2 is 1.91 bits per heavy atom. The number of fused-ring (bicyclic) bond motifs is 1. The van der Waals surface area contributed by atoms with E-state index in [1.165, 1.54) is 23.2 Å². The molecule has 0 spiro atoms. The zero-order chi connectivity index (χ0) is 23.1. The number of hydrogen-bond donors (Lipinski definition) is 2. The average molecular weight is 458 g/mol. The third-order valence-electron chi connectivity index (χ3n) is 4.72. The van der Waals surface area contributed by atoms with Gasteiger partial charge in [0.1, 0.15) is 6.54 Å². The molecule has 2 heterocycles. The van der Waals surface area contributed by atoms with Crippen molar-refractivity contribution in [3.63, 3.8) is 0 Å². The van der Waals surface area contributed by atoms with E-state index in [1.807, 2.05) is 0 Å². The van der Waals surface area contributed by atoms with Crippen LogP contribution in [0.5, 0.6) is 0 Å². The molecule has 0 saturated heterocycles. The molecule has 0 unspecified atom stereocenters. The number of thiophene rings is 1. The van der Waals surface area contributed by atoms with E-state index in [0.29, 0.717) is 16.3 Å². The second kappa shape index (κ2) is 10.7. The van der Waals surface area contributed by atoms with E-state index >= 15 is 0 Å². The van der Waals surface area contributed by atoms with Gasteiger partial charge in [-0.25, -0.2) is 0 Å². The summed E-state index contributed by atoms with van der Waals surface area (Å²) >= 11 is 1.32. The van der Waals surface area contributed by atoms with Crippen LogP contribution in [0.3, 0.4) is 0 Å². The third-order valence-corrected chi connectivity index (χ3v) is 5.63. The highest BCUT2D eigenvalue weighted by Crippen LogP contribution is 2.29. The third kappa shape index (κ3) is 6.01. The quantitative estimate of drug-likeness (QED) is 0.439. The zero-order valence-electron chi connectivity index (χ0n) is 17.5. The molecule has 0 saturated carbocycles. The Hall–Kier alpha value is -3.53. The van der Waals surface area contributed by atoms with E-state index < -0.39 is 18.0 Å². The molecule has 2 aromatic rings. The van der Waals surface area contributed by atoms with Gasteiger partial charge in [0.25, 0.3) is 5.91 Å². The van der Waals surface area contributed by atoms with Gasteiger partial charge in [-0.1, -0.05) is 18.2 Å². The number of Topliss-reactive ketones (excluding diaryl/α,β-unsaturated/α-hetero) is 1. The number of hydrogen-bond acceptors (Lipinski definition) is 7. The van der Waals surface area contributed by atoms with Gasteiger partial charge in [0.05, 0.1) is 22.7 Å². The lowest BCUT2D eigenvalue weighted by atomic mass is 10.1. The summed E-state index contributed by atoms with van der Waals surface area (Å²) in [7, 11) is 0. The van der Waals surface area contributed by atoms with Crippen molar-refractivity contribution in [3.05, 3.63) is 46.7 Å². The monoisotopic (exact) mass is 457 g/mol. The van der Waals surface area contributed by atoms with Crippen molar-refractivity contribution in [2.75, 3.05) is 23.3 Å². The summed E-state index contributed by atoms with van der Waals surface area (Å²) in [5.74, 6) is -1.96. The number of carbonyl (C=O) groups excluding carboxylic acids is 5. The highest BCUT2D eigenvalue weighted by Gasteiger charge is 2.31. The van der Waals surface area contributed by atoms with Gasteiger partial charge in [0.15, 0.2) is 11.9 Å². The number of benzene rings is 1. The van der Waals surface area contributed by atoms with Gasteiger partial charge < -0.3 is 15.4 Å². The normalized spacial score (nSPS) is 13.5. The Balaban J connectivity index is 1.41. The molecule has 168 valence electrons. The number of esters is 1. The molecule has 3 amide bonds. The van der Waals surface area contributed by atoms with Crippen molar-refractivity contribution in [1.82, 2.24) is 5.32 Å². The number of ether oxygens (including phenoxy) is 1. The van der Waals surface area contributed by atoms with Crippen LogP contribution in [-0.2, 0) is 23.9 Å². The molecule has 10 heteroatoms. The van der Waals surface area contributed by atoms with E-state index in [0.717, 1.165) is 0 Å². The number of nitrogens with one attached hydrogen (secondary N) is 2. The smallest absolute Gasteiger partial charge is 0.308 e. The summed E-state index contributed by atoms with van der Waals surface area (Å²) in [5, 5.41) is 7.04. The van der Waals surface area contributed by atoms with Crippen molar-refractivity contribution < 1.29 is 28.7 Å². The first-order valence-electron chi connectivity index (χ1n) is 10.1. The fraction of sp³-hybridized carbons (Fsp3) is 0.318. The van der Waals surface area contributed by atoms with Gasteiger partial charge in [-0.05, 0) is 30.5 Å². The summed E-state index contributed by atoms with van der Waals surface area (Å²) in [6, 6.07) is 10.3. The topological polar surface area (TPSA) is 122 Å². The highest BCUT2D eigenvalue weighted by atomic mass is 32.1. The summed E-state index contributed by atoms with van der Waals surface area (Å²) in [6.07, 6.45) is -1.11. The number of anilines is 2. The fourth-order valence-corrected chi connectivity index (χ4v) is 3.83. The summed E-state index contributed by atoms with van der Waals surface area (Å²) < 4.78 is 5.18. The Morgan fingerprint density at radius 1 is 1.12 bits per heavy atom. The lowest BCUT2D eigenvalue weighted by Gasteiger charge is -2.30. The highest BCUT2D eigenvalue weighted by molar-refractivity contribution is 7.12. The number of carbonyl (C=O) groups is 5. The zero-order valence-corrected chi connectivity index (χ0v) is 18.3. The van der Waals surface area contributed by atoms with Gasteiger partial charge in [-0.2, -0.15) is 0 Å². The van der Waals surface area contributed by atoms with Crippen LogP contribution in [0, 0.1) is 0 Å². The second-order valence-electron chi connectivity index (χ2n) is 7.12. The predicted molar refractivity (Wildman–Crippen MR) is 118 cm³/mol. The number of rotatable bonds is 9. The number of nitrogens with zero attached hydrogens (tertiary/aromatic N) is 1. The molecule has 9 nitrogen and oxygen atoms in total. The SMILES string of the molecule is C[C@@H](OC(=O)CCNC(=O)CCC(=O)c1cccs1)C(=O)N1CC(=O)Nc2ccccc21. The average Bonchev–Trinajstić information content (AvgIpc) is 3.31. The van der Waals surface area contributed by atoms with Crippen LogP contribution in [0.2, 0.25) is 0 Å². The molecular weight excluding hydrogens is 434 g/mol. The van der Waals surface area contributed by atoms with Gasteiger partial charge in [0.2, 0.25) is 11.8 Å². The molecule has 0 bridgehead atoms. The van der Waals surface area contributed by atoms with Crippen molar-refractivity contribution in [1.29, 1.82) is 0 Å². The van der Waals surface area contributed by atoms with E-state index in [9.17, 15) is 24.0 Å². The molecule has 1 aromatic heterocycles. The lowest BCUT2D eigenvalue weighted by Crippen LogP contribution is -2.47. The van der Waals surface area contributed by atoms with Crippen LogP contribution in [0.25, 0.3) is 0 Å². The molecular formula is C22H23N3O6S. The number of ketones is 1. The van der Waals surface area contributed by atoms with E-state index in [-0.39, 0.29) is 49.9 Å². The summed E-state index contributed by atoms with van der Waals surface area (Å²) in [4.78, 5) is 62.3. The summed E-state index contributed by atoms with van der Waals surface area (Å²) in [5.41, 5.74) is 1.04. The predicted octanol–water partition coefficient (Wildman–Crippen LogP) is 2.13. The van der Waals surface area contributed by atoms with Crippen molar-refractivity contribution in [2.45, 2.75) is 32.3 Å². The minimum atomic E-state index is -1.10. The van der Waals surface area contributed by atoms with E-state index in [4.69, 9.17) is 4.74 Å². The molecule has 1 atom stereocenters. The lowest BCUT2D eigenvalue weighted by molar-refractivity contribution is -0.153. The van der Waals surface area contributed by atoms with Crippen LogP contribution in [0.15, 0.2) is 41.8 Å². The van der Waals surface area contributed by atoms with Crippen LogP contribution in [-0.4, -0.2) is 48.7 Å². The first kappa shape index (κ1) is 23.1. The van der Waals surface area contributed by atoms with Crippen LogP contribution < -0.4 is 15.5 Å². The van der Waals surface area contributed by atoms with Gasteiger partial charge >= 0.3 is 5.97 Å². The largest absolute Gasteiger partial charge is 0.452 e. The Labute approximate surface area is 188 Å². The Morgan fingerprint density at radius 3 is 2.66 bits per heavy atom. The minimum absolute atomic E-state index is 0.0249. The van der Waals surface area contributed by atoms with Crippen molar-refractivity contribution in [3.8, 4) is 0 Å². The summed E-state index contributed by atoms with van der Waals surface area (Å²) in [6.45, 7) is 1.29. The maximum Gasteiger partial charge on any atom is 0.308 e. The second-order valence-corrected chi connectivity index (χ2v) is 8.07. The molecule has 32 heavy (non-hydrogen) atoms. The standard InChI is InChI=1S/C22H23N3O6S/c1-14(22(30)25-13-20(28)24-15-5-2-3-6-16(15)25)31-21(29)10-11-23-19(27)9-8-17(26)18-7-4-12-32-18/h2-7,12,14H,8-11,13H2,1H3,(H,23,27)(H,24,28)/t14-/m1/s1. The van der Waals surface area contributed by atoms with Crippen molar-refractivity contribution >= 4 is 52.2 Å². The van der Waals surface area contributed by atoms with Gasteiger partial charge in [0, 0.05) is 19.4 Å². The molecule has 1 aliphatic heterocycles. The maximum atomic E-state index is 12.7. The van der Waals surface area contributed by atoms with Gasteiger partial charge in [-0.3, -0.25) is 28.9 Å². The molecule has 2 N–H and O–H groups in total. The first-order valence-corrected chi connectivity index (χ1v) is 11.0. The number of para-hydroxylation sites is 2. The van der Waals surface area contributed by atoms with E-state index in [1.54, 1.807) is 41.8 Å². The molecule has 3 rings (SSSR count). The fourth-order valence-electron chi connectivity index (χ4n) is 3.14. The molecule has 1 aromatic carbocycles. The Bertz CT molecular complexity index is 1020. The molecule has 1 aliphatic rings. The molecule has 0 fully saturated rings. The van der Waals surface area contributed by atoms with E-state index in [2.05, 4.69) is 10.6 Å². The maximum absolute atomic E-state index is 12.7. The minimum Gasteiger partial charge on any atom is -0.452 e. The van der Waals surface area contributed by atoms with Crippen molar-refractivity contribution in [2.24, 2.45) is 0 Å². The molecule has 0 radical (unpaired) electrons. The molecule has 0 aliphatic carbocycles. The van der Waals surface area contributed by atoms with Crippen LogP contribution >= 0.6 is 11.3 Å².